The first kappa shape index (κ1) is 15.7. The molecule has 1 aromatic rings. The van der Waals surface area contributed by atoms with Crippen LogP contribution in [0, 0.1) is 24.0 Å². The van der Waals surface area contributed by atoms with Gasteiger partial charge in [0.1, 0.15) is 11.6 Å². The van der Waals surface area contributed by atoms with Crippen molar-refractivity contribution in [2.75, 3.05) is 6.54 Å². The van der Waals surface area contributed by atoms with Gasteiger partial charge in [0.2, 0.25) is 0 Å². The lowest BCUT2D eigenvalue weighted by molar-refractivity contribution is 0.447. The van der Waals surface area contributed by atoms with Crippen LogP contribution in [0.15, 0.2) is 18.2 Å². The lowest BCUT2D eigenvalue weighted by Crippen LogP contribution is -2.32. The van der Waals surface area contributed by atoms with E-state index in [1.165, 1.54) is 18.2 Å². The van der Waals surface area contributed by atoms with Gasteiger partial charge in [-0.1, -0.05) is 13.0 Å². The van der Waals surface area contributed by atoms with E-state index in [0.717, 1.165) is 25.8 Å². The second-order valence-corrected chi connectivity index (χ2v) is 4.65. The van der Waals surface area contributed by atoms with Gasteiger partial charge in [0.05, 0.1) is 0 Å². The molecule has 19 heavy (non-hydrogen) atoms. The van der Waals surface area contributed by atoms with Crippen LogP contribution < -0.4 is 5.32 Å². The Labute approximate surface area is 114 Å². The highest BCUT2D eigenvalue weighted by molar-refractivity contribution is 5.20. The lowest BCUT2D eigenvalue weighted by atomic mass is 10.00. The van der Waals surface area contributed by atoms with Gasteiger partial charge in [-0.25, -0.2) is 8.78 Å². The van der Waals surface area contributed by atoms with Crippen molar-refractivity contribution < 1.29 is 8.78 Å². The molecule has 0 fully saturated rings. The molecule has 3 heteroatoms. The third-order valence-electron chi connectivity index (χ3n) is 3.07. The second kappa shape index (κ2) is 8.66. The second-order valence-electron chi connectivity index (χ2n) is 4.65. The molecule has 0 bridgehead atoms. The van der Waals surface area contributed by atoms with Gasteiger partial charge in [0.15, 0.2) is 0 Å². The van der Waals surface area contributed by atoms with E-state index in [1.54, 1.807) is 0 Å². The van der Waals surface area contributed by atoms with E-state index in [0.29, 0.717) is 12.8 Å². The first-order valence-electron chi connectivity index (χ1n) is 6.78. The van der Waals surface area contributed by atoms with Crippen molar-refractivity contribution >= 4 is 0 Å². The zero-order valence-corrected chi connectivity index (χ0v) is 11.4. The number of terminal acetylenes is 1. The average Bonchev–Trinajstić information content (AvgIpc) is 2.39. The Balaban J connectivity index is 2.67. The molecule has 1 aromatic carbocycles. The summed E-state index contributed by atoms with van der Waals surface area (Å²) in [5, 5.41) is 3.33. The normalized spacial score (nSPS) is 12.1. The molecule has 0 heterocycles. The fourth-order valence-corrected chi connectivity index (χ4v) is 2.05. The summed E-state index contributed by atoms with van der Waals surface area (Å²) in [5.74, 6) is 1.65. The predicted octanol–water partition coefficient (Wildman–Crippen LogP) is 3.68. The molecule has 104 valence electrons. The first-order valence-corrected chi connectivity index (χ1v) is 6.78. The van der Waals surface area contributed by atoms with Gasteiger partial charge in [-0.2, -0.15) is 0 Å². The Morgan fingerprint density at radius 3 is 2.58 bits per heavy atom. The maximum Gasteiger partial charge on any atom is 0.129 e. The highest BCUT2D eigenvalue weighted by atomic mass is 19.1. The summed E-state index contributed by atoms with van der Waals surface area (Å²) in [4.78, 5) is 0. The van der Waals surface area contributed by atoms with Crippen LogP contribution in [0.3, 0.4) is 0 Å². The minimum absolute atomic E-state index is 0.0692. The van der Waals surface area contributed by atoms with Crippen LogP contribution in [0.2, 0.25) is 0 Å². The molecule has 0 aromatic heterocycles. The summed E-state index contributed by atoms with van der Waals surface area (Å²) < 4.78 is 27.2. The zero-order chi connectivity index (χ0) is 14.1. The van der Waals surface area contributed by atoms with Crippen LogP contribution in [0.5, 0.6) is 0 Å². The molecule has 0 amide bonds. The summed E-state index contributed by atoms with van der Waals surface area (Å²) in [6.45, 7) is 2.91. The summed E-state index contributed by atoms with van der Waals surface area (Å²) >= 11 is 0. The molecule has 1 rings (SSSR count). The van der Waals surface area contributed by atoms with E-state index >= 15 is 0 Å². The number of halogens is 2. The molecule has 1 unspecified atom stereocenters. The maximum absolute atomic E-state index is 13.6. The molecule has 0 aliphatic carbocycles. The number of benzene rings is 1. The molecule has 1 N–H and O–H groups in total. The van der Waals surface area contributed by atoms with Crippen molar-refractivity contribution in [2.45, 2.75) is 45.1 Å². The number of hydrogen-bond donors (Lipinski definition) is 1. The predicted molar refractivity (Wildman–Crippen MR) is 74.8 cm³/mol. The summed E-state index contributed by atoms with van der Waals surface area (Å²) in [6, 6.07) is 4.06. The Morgan fingerprint density at radius 2 is 2.00 bits per heavy atom. The van der Waals surface area contributed by atoms with E-state index in [9.17, 15) is 8.78 Å². The topological polar surface area (TPSA) is 12.0 Å². The third kappa shape index (κ3) is 5.40. The maximum atomic E-state index is 13.6. The quantitative estimate of drug-likeness (QED) is 0.558. The number of unbranched alkanes of at least 4 members (excludes halogenated alkanes) is 1. The van der Waals surface area contributed by atoms with Crippen LogP contribution in [0.4, 0.5) is 8.78 Å². The van der Waals surface area contributed by atoms with Crippen molar-refractivity contribution in [3.05, 3.63) is 35.4 Å². The molecule has 0 aliphatic rings. The van der Waals surface area contributed by atoms with Crippen molar-refractivity contribution in [1.29, 1.82) is 0 Å². The molecule has 0 spiro atoms. The molecule has 0 saturated carbocycles. The van der Waals surface area contributed by atoms with Crippen LogP contribution in [-0.2, 0) is 6.42 Å². The fourth-order valence-electron chi connectivity index (χ4n) is 2.05. The van der Waals surface area contributed by atoms with Gasteiger partial charge >= 0.3 is 0 Å². The van der Waals surface area contributed by atoms with Crippen molar-refractivity contribution in [3.8, 4) is 12.3 Å². The minimum atomic E-state index is -0.472. The lowest BCUT2D eigenvalue weighted by Gasteiger charge is -2.19. The van der Waals surface area contributed by atoms with E-state index < -0.39 is 11.6 Å². The Kier molecular flexibility index (Phi) is 7.14. The fraction of sp³-hybridized carbons (Fsp3) is 0.500. The van der Waals surface area contributed by atoms with Gasteiger partial charge in [0.25, 0.3) is 0 Å². The van der Waals surface area contributed by atoms with Crippen molar-refractivity contribution in [1.82, 2.24) is 5.32 Å². The van der Waals surface area contributed by atoms with Gasteiger partial charge < -0.3 is 5.32 Å². The van der Waals surface area contributed by atoms with E-state index in [-0.39, 0.29) is 11.6 Å². The monoisotopic (exact) mass is 265 g/mol. The minimum Gasteiger partial charge on any atom is -0.314 e. The summed E-state index contributed by atoms with van der Waals surface area (Å²) in [6.07, 6.45) is 8.98. The van der Waals surface area contributed by atoms with Crippen molar-refractivity contribution in [2.24, 2.45) is 0 Å². The zero-order valence-electron chi connectivity index (χ0n) is 11.4. The molecule has 0 radical (unpaired) electrons. The Morgan fingerprint density at radius 1 is 1.32 bits per heavy atom. The average molecular weight is 265 g/mol. The van der Waals surface area contributed by atoms with Crippen molar-refractivity contribution in [3.63, 3.8) is 0 Å². The van der Waals surface area contributed by atoms with Crippen LogP contribution in [-0.4, -0.2) is 12.6 Å². The van der Waals surface area contributed by atoms with E-state index in [2.05, 4.69) is 18.2 Å². The van der Waals surface area contributed by atoms with Gasteiger partial charge in [-0.15, -0.1) is 12.3 Å². The molecule has 0 aliphatic heterocycles. The summed E-state index contributed by atoms with van der Waals surface area (Å²) in [5.41, 5.74) is 0.164. The van der Waals surface area contributed by atoms with Crippen LogP contribution in [0.25, 0.3) is 0 Å². The SMILES string of the molecule is C#CCCCC(Cc1c(F)cccc1F)NCCC. The molecule has 1 nitrogen and oxygen atoms in total. The van der Waals surface area contributed by atoms with Gasteiger partial charge in [-0.05, 0) is 44.4 Å². The molecule has 0 saturated heterocycles. The van der Waals surface area contributed by atoms with E-state index in [1.807, 2.05) is 0 Å². The largest absolute Gasteiger partial charge is 0.314 e. The van der Waals surface area contributed by atoms with Crippen LogP contribution >= 0.6 is 0 Å². The Bertz CT molecular complexity index is 403. The standard InChI is InChI=1S/C16H21F2N/c1-3-5-6-8-13(19-11-4-2)12-14-15(17)9-7-10-16(14)18/h1,7,9-10,13,19H,4-6,8,11-12H2,2H3. The van der Waals surface area contributed by atoms with Crippen LogP contribution in [0.1, 0.15) is 38.2 Å². The molecule has 1 atom stereocenters. The smallest absolute Gasteiger partial charge is 0.129 e. The van der Waals surface area contributed by atoms with E-state index in [4.69, 9.17) is 6.42 Å². The number of hydrogen-bond acceptors (Lipinski definition) is 1. The first-order chi connectivity index (χ1) is 9.19. The highest BCUT2D eigenvalue weighted by Crippen LogP contribution is 2.16. The molecular weight excluding hydrogens is 244 g/mol. The molecular formula is C16H21F2N. The third-order valence-corrected chi connectivity index (χ3v) is 3.07. The Hall–Kier alpha value is -1.40. The highest BCUT2D eigenvalue weighted by Gasteiger charge is 2.15. The number of nitrogens with one attached hydrogen (secondary N) is 1. The summed E-state index contributed by atoms with van der Waals surface area (Å²) in [7, 11) is 0. The van der Waals surface area contributed by atoms with Gasteiger partial charge in [0, 0.05) is 18.0 Å². The van der Waals surface area contributed by atoms with Gasteiger partial charge in [-0.3, -0.25) is 0 Å². The number of rotatable bonds is 8.